The third kappa shape index (κ3) is 3.81. The molecule has 0 bridgehead atoms. The number of nitrogens with zero attached hydrogens (tertiary/aromatic N) is 1. The molecule has 1 saturated heterocycles. The number of nitrogens with one attached hydrogen (secondary N) is 1. The minimum Gasteiger partial charge on any atom is -0.309 e. The molecule has 2 rings (SSSR count). The summed E-state index contributed by atoms with van der Waals surface area (Å²) in [6.45, 7) is 4.58. The minimum absolute atomic E-state index is 0.424. The molecule has 1 aliphatic heterocycles. The fraction of sp³-hybridized carbons (Fsp3) is 0.600. The highest BCUT2D eigenvalue weighted by Crippen LogP contribution is 2.18. The Morgan fingerprint density at radius 3 is 2.72 bits per heavy atom. The van der Waals surface area contributed by atoms with E-state index in [1.165, 1.54) is 31.4 Å². The number of halogens is 1. The van der Waals surface area contributed by atoms with E-state index in [0.717, 1.165) is 11.0 Å². The molecule has 1 N–H and O–H groups in total. The quantitative estimate of drug-likeness (QED) is 0.914. The van der Waals surface area contributed by atoms with Gasteiger partial charge < -0.3 is 10.2 Å². The molecule has 2 nitrogen and oxygen atoms in total. The smallest absolute Gasteiger partial charge is 0.0292 e. The Bertz CT molecular complexity index is 363. The van der Waals surface area contributed by atoms with Crippen molar-refractivity contribution in [1.82, 2.24) is 10.2 Å². The van der Waals surface area contributed by atoms with E-state index in [4.69, 9.17) is 0 Å². The average Bonchev–Trinajstić information content (AvgIpc) is 2.38. The molecule has 0 saturated carbocycles. The topological polar surface area (TPSA) is 15.3 Å². The summed E-state index contributed by atoms with van der Waals surface area (Å²) >= 11 is 3.48. The summed E-state index contributed by atoms with van der Waals surface area (Å²) in [6.07, 6.45) is 4.06. The zero-order valence-electron chi connectivity index (χ0n) is 11.3. The number of likely N-dealkylation sites (tertiary alicyclic amines) is 1. The van der Waals surface area contributed by atoms with Crippen LogP contribution >= 0.6 is 15.9 Å². The third-order valence-corrected chi connectivity index (χ3v) is 4.48. The van der Waals surface area contributed by atoms with Crippen molar-refractivity contribution >= 4 is 15.9 Å². The maximum atomic E-state index is 3.66. The second-order valence-corrected chi connectivity index (χ2v) is 6.23. The van der Waals surface area contributed by atoms with E-state index >= 15 is 0 Å². The van der Waals surface area contributed by atoms with Gasteiger partial charge in [0.15, 0.2) is 0 Å². The molecule has 0 amide bonds. The van der Waals surface area contributed by atoms with Crippen LogP contribution in [0.15, 0.2) is 28.7 Å². The van der Waals surface area contributed by atoms with Gasteiger partial charge >= 0.3 is 0 Å². The number of rotatable bonds is 4. The highest BCUT2D eigenvalue weighted by atomic mass is 79.9. The van der Waals surface area contributed by atoms with Crippen molar-refractivity contribution in [3.05, 3.63) is 34.3 Å². The Balaban J connectivity index is 1.83. The normalized spacial score (nSPS) is 22.9. The maximum Gasteiger partial charge on any atom is 0.0292 e. The molecule has 18 heavy (non-hydrogen) atoms. The van der Waals surface area contributed by atoms with Crippen LogP contribution in [-0.4, -0.2) is 31.1 Å². The largest absolute Gasteiger partial charge is 0.309 e. The molecule has 1 unspecified atom stereocenters. The first kappa shape index (κ1) is 14.0. The Morgan fingerprint density at radius 2 is 2.06 bits per heavy atom. The molecule has 1 fully saturated rings. The summed E-state index contributed by atoms with van der Waals surface area (Å²) in [4.78, 5) is 2.49. The monoisotopic (exact) mass is 310 g/mol. The zero-order valence-corrected chi connectivity index (χ0v) is 12.9. The van der Waals surface area contributed by atoms with E-state index in [9.17, 15) is 0 Å². The fourth-order valence-corrected chi connectivity index (χ4v) is 2.85. The predicted molar refractivity (Wildman–Crippen MR) is 80.8 cm³/mol. The van der Waals surface area contributed by atoms with Crippen molar-refractivity contribution in [1.29, 1.82) is 0 Å². The van der Waals surface area contributed by atoms with Crippen LogP contribution in [-0.2, 0) is 0 Å². The molecule has 0 spiro atoms. The number of piperidine rings is 1. The summed E-state index contributed by atoms with van der Waals surface area (Å²) in [5, 5.41) is 3.66. The fourth-order valence-electron chi connectivity index (χ4n) is 2.58. The third-order valence-electron chi connectivity index (χ3n) is 3.95. The van der Waals surface area contributed by atoms with Crippen LogP contribution in [0.1, 0.15) is 37.8 Å². The highest BCUT2D eigenvalue weighted by molar-refractivity contribution is 9.10. The Labute approximate surface area is 119 Å². The van der Waals surface area contributed by atoms with Gasteiger partial charge in [-0.25, -0.2) is 0 Å². The standard InChI is InChI=1S/C15H23BrN2/c1-12(13-6-8-14(16)9-7-13)17-11-15-5-3-4-10-18(15)2/h6-9,12,15,17H,3-5,10-11H2,1-2H3/t12-,15?/m1/s1. The van der Waals surface area contributed by atoms with Crippen molar-refractivity contribution in [3.63, 3.8) is 0 Å². The molecule has 0 radical (unpaired) electrons. The van der Waals surface area contributed by atoms with Gasteiger partial charge in [0.2, 0.25) is 0 Å². The second kappa shape index (κ2) is 6.69. The first-order valence-corrected chi connectivity index (χ1v) is 7.65. The van der Waals surface area contributed by atoms with Gasteiger partial charge in [-0.3, -0.25) is 0 Å². The lowest BCUT2D eigenvalue weighted by atomic mass is 10.0. The van der Waals surface area contributed by atoms with E-state index in [0.29, 0.717) is 12.1 Å². The second-order valence-electron chi connectivity index (χ2n) is 5.31. The number of hydrogen-bond acceptors (Lipinski definition) is 2. The van der Waals surface area contributed by atoms with Gasteiger partial charge in [-0.15, -0.1) is 0 Å². The Kier molecular flexibility index (Phi) is 5.22. The first-order chi connectivity index (χ1) is 8.66. The van der Waals surface area contributed by atoms with Crippen molar-refractivity contribution in [2.24, 2.45) is 0 Å². The predicted octanol–water partition coefficient (Wildman–Crippen LogP) is 3.58. The van der Waals surface area contributed by atoms with Crippen molar-refractivity contribution in [2.45, 2.75) is 38.3 Å². The van der Waals surface area contributed by atoms with E-state index < -0.39 is 0 Å². The van der Waals surface area contributed by atoms with E-state index in [1.807, 2.05) is 0 Å². The van der Waals surface area contributed by atoms with Crippen molar-refractivity contribution < 1.29 is 0 Å². The molecule has 1 aromatic carbocycles. The maximum absolute atomic E-state index is 3.66. The zero-order chi connectivity index (χ0) is 13.0. The van der Waals surface area contributed by atoms with Gasteiger partial charge in [0.1, 0.15) is 0 Å². The van der Waals surface area contributed by atoms with Crippen LogP contribution < -0.4 is 5.32 Å². The lowest BCUT2D eigenvalue weighted by Crippen LogP contribution is -2.43. The minimum atomic E-state index is 0.424. The van der Waals surface area contributed by atoms with Gasteiger partial charge in [-0.05, 0) is 51.1 Å². The van der Waals surface area contributed by atoms with Crippen LogP contribution in [0, 0.1) is 0 Å². The lowest BCUT2D eigenvalue weighted by Gasteiger charge is -2.33. The van der Waals surface area contributed by atoms with Crippen LogP contribution in [0.4, 0.5) is 0 Å². The molecule has 0 aliphatic carbocycles. The summed E-state index contributed by atoms with van der Waals surface area (Å²) in [5.74, 6) is 0. The summed E-state index contributed by atoms with van der Waals surface area (Å²) in [5.41, 5.74) is 1.36. The molecule has 100 valence electrons. The molecule has 3 heteroatoms. The SMILES string of the molecule is C[C@@H](NCC1CCCCN1C)c1ccc(Br)cc1. The summed E-state index contributed by atoms with van der Waals surface area (Å²) < 4.78 is 1.14. The van der Waals surface area contributed by atoms with Gasteiger partial charge in [0.05, 0.1) is 0 Å². The highest BCUT2D eigenvalue weighted by Gasteiger charge is 2.19. The Hall–Kier alpha value is -0.380. The van der Waals surface area contributed by atoms with E-state index in [2.05, 4.69) is 64.4 Å². The molecule has 2 atom stereocenters. The van der Waals surface area contributed by atoms with Crippen LogP contribution in [0.5, 0.6) is 0 Å². The van der Waals surface area contributed by atoms with Gasteiger partial charge in [-0.1, -0.05) is 34.5 Å². The molecular formula is C15H23BrN2. The molecule has 0 aromatic heterocycles. The molecule has 1 heterocycles. The molecule has 1 aromatic rings. The summed E-state index contributed by atoms with van der Waals surface area (Å²) in [6, 6.07) is 9.73. The van der Waals surface area contributed by atoms with Crippen molar-refractivity contribution in [3.8, 4) is 0 Å². The number of likely N-dealkylation sites (N-methyl/N-ethyl adjacent to an activating group) is 1. The average molecular weight is 311 g/mol. The van der Waals surface area contributed by atoms with E-state index in [1.54, 1.807) is 0 Å². The number of benzene rings is 1. The van der Waals surface area contributed by atoms with E-state index in [-0.39, 0.29) is 0 Å². The Morgan fingerprint density at radius 1 is 1.33 bits per heavy atom. The first-order valence-electron chi connectivity index (χ1n) is 6.86. The molecule has 1 aliphatic rings. The van der Waals surface area contributed by atoms with Gasteiger partial charge in [0.25, 0.3) is 0 Å². The van der Waals surface area contributed by atoms with Crippen LogP contribution in [0.2, 0.25) is 0 Å². The van der Waals surface area contributed by atoms with Crippen LogP contribution in [0.3, 0.4) is 0 Å². The summed E-state index contributed by atoms with van der Waals surface area (Å²) in [7, 11) is 2.25. The molecular weight excluding hydrogens is 288 g/mol. The van der Waals surface area contributed by atoms with Crippen LogP contribution in [0.25, 0.3) is 0 Å². The number of hydrogen-bond donors (Lipinski definition) is 1. The lowest BCUT2D eigenvalue weighted by molar-refractivity contribution is 0.178. The van der Waals surface area contributed by atoms with Crippen molar-refractivity contribution in [2.75, 3.05) is 20.1 Å². The van der Waals surface area contributed by atoms with Gasteiger partial charge in [-0.2, -0.15) is 0 Å². The van der Waals surface area contributed by atoms with Gasteiger partial charge in [0, 0.05) is 23.1 Å².